The lowest BCUT2D eigenvalue weighted by molar-refractivity contribution is -0.151. The summed E-state index contributed by atoms with van der Waals surface area (Å²) in [5.74, 6) is 0.509. The van der Waals surface area contributed by atoms with Crippen molar-refractivity contribution in [1.29, 1.82) is 0 Å². The van der Waals surface area contributed by atoms with Gasteiger partial charge in [0.05, 0.1) is 19.3 Å². The molecular formula is C20H23NO2. The molecule has 4 rings (SSSR count). The molecule has 0 aromatic heterocycles. The Hall–Kier alpha value is -1.84. The van der Waals surface area contributed by atoms with Crippen LogP contribution in [0.4, 0.5) is 5.69 Å². The topological polar surface area (TPSA) is 30.5 Å². The van der Waals surface area contributed by atoms with Crippen LogP contribution in [0, 0.1) is 0 Å². The highest BCUT2D eigenvalue weighted by Gasteiger charge is 2.41. The van der Waals surface area contributed by atoms with E-state index in [1.165, 1.54) is 16.7 Å². The van der Waals surface area contributed by atoms with Crippen LogP contribution in [-0.4, -0.2) is 19.3 Å². The smallest absolute Gasteiger partial charge is 0.113 e. The minimum atomic E-state index is 0.00362. The first kappa shape index (κ1) is 14.7. The van der Waals surface area contributed by atoms with Gasteiger partial charge in [0.15, 0.2) is 0 Å². The van der Waals surface area contributed by atoms with Gasteiger partial charge in [-0.15, -0.1) is 0 Å². The van der Waals surface area contributed by atoms with Crippen molar-refractivity contribution in [1.82, 2.24) is 0 Å². The average Bonchev–Trinajstić information content (AvgIpc) is 2.61. The molecule has 2 aliphatic heterocycles. The molecule has 3 heteroatoms. The Morgan fingerprint density at radius 2 is 1.78 bits per heavy atom. The van der Waals surface area contributed by atoms with E-state index in [2.05, 4.69) is 61.6 Å². The van der Waals surface area contributed by atoms with Crippen LogP contribution in [0.25, 0.3) is 0 Å². The molecule has 0 radical (unpaired) electrons. The van der Waals surface area contributed by atoms with E-state index in [1.807, 2.05) is 6.07 Å². The molecule has 1 saturated heterocycles. The number of rotatable bonds is 2. The van der Waals surface area contributed by atoms with Crippen LogP contribution >= 0.6 is 0 Å². The Bertz CT molecular complexity index is 683. The maximum Gasteiger partial charge on any atom is 0.113 e. The SMILES string of the molecule is CC(C)c1ccc2c(c1)[C@H]1OCCO[C@H]1[C@H](c1ccccc1)N2. The molecule has 0 aliphatic carbocycles. The van der Waals surface area contributed by atoms with E-state index < -0.39 is 0 Å². The van der Waals surface area contributed by atoms with Crippen LogP contribution in [-0.2, 0) is 9.47 Å². The second kappa shape index (κ2) is 5.99. The molecule has 1 N–H and O–H groups in total. The van der Waals surface area contributed by atoms with Gasteiger partial charge in [0.25, 0.3) is 0 Å². The Labute approximate surface area is 137 Å². The first-order chi connectivity index (χ1) is 11.2. The molecule has 23 heavy (non-hydrogen) atoms. The Kier molecular flexibility index (Phi) is 3.83. The first-order valence-electron chi connectivity index (χ1n) is 8.42. The second-order valence-corrected chi connectivity index (χ2v) is 6.66. The Morgan fingerprint density at radius 3 is 2.57 bits per heavy atom. The number of nitrogens with one attached hydrogen (secondary N) is 1. The molecule has 2 aliphatic rings. The zero-order valence-electron chi connectivity index (χ0n) is 13.7. The third-order valence-corrected chi connectivity index (χ3v) is 4.84. The summed E-state index contributed by atoms with van der Waals surface area (Å²) >= 11 is 0. The maximum absolute atomic E-state index is 6.13. The monoisotopic (exact) mass is 309 g/mol. The summed E-state index contributed by atoms with van der Waals surface area (Å²) in [6, 6.07) is 17.3. The first-order valence-corrected chi connectivity index (χ1v) is 8.42. The third kappa shape index (κ3) is 2.64. The van der Waals surface area contributed by atoms with Crippen molar-refractivity contribution in [3.63, 3.8) is 0 Å². The average molecular weight is 309 g/mol. The number of anilines is 1. The Morgan fingerprint density at radius 1 is 1.00 bits per heavy atom. The summed E-state index contributed by atoms with van der Waals surface area (Å²) in [7, 11) is 0. The minimum absolute atomic E-state index is 0.00362. The molecule has 1 fully saturated rings. The summed E-state index contributed by atoms with van der Waals surface area (Å²) in [4.78, 5) is 0. The van der Waals surface area contributed by atoms with Gasteiger partial charge in [0.2, 0.25) is 0 Å². The summed E-state index contributed by atoms with van der Waals surface area (Å²) in [5.41, 5.74) is 4.98. The van der Waals surface area contributed by atoms with Crippen LogP contribution in [0.2, 0.25) is 0 Å². The number of benzene rings is 2. The highest BCUT2D eigenvalue weighted by molar-refractivity contribution is 5.59. The van der Waals surface area contributed by atoms with Crippen molar-refractivity contribution in [2.45, 2.75) is 38.0 Å². The van der Waals surface area contributed by atoms with Crippen LogP contribution in [0.5, 0.6) is 0 Å². The van der Waals surface area contributed by atoms with Crippen molar-refractivity contribution < 1.29 is 9.47 Å². The molecule has 120 valence electrons. The zero-order chi connectivity index (χ0) is 15.8. The van der Waals surface area contributed by atoms with Crippen LogP contribution < -0.4 is 5.32 Å². The molecule has 0 spiro atoms. The molecule has 2 heterocycles. The largest absolute Gasteiger partial charge is 0.375 e. The van der Waals surface area contributed by atoms with Gasteiger partial charge in [-0.1, -0.05) is 56.3 Å². The molecule has 0 amide bonds. The number of hydrogen-bond donors (Lipinski definition) is 1. The standard InChI is InChI=1S/C20H23NO2/c1-13(2)15-8-9-17-16(12-15)19-20(23-11-10-22-19)18(21-17)14-6-4-3-5-7-14/h3-9,12-13,18-21H,10-11H2,1-2H3/t18-,19+,20-/m0/s1. The third-order valence-electron chi connectivity index (χ3n) is 4.84. The van der Waals surface area contributed by atoms with Gasteiger partial charge in [-0.3, -0.25) is 0 Å². The van der Waals surface area contributed by atoms with E-state index in [9.17, 15) is 0 Å². The van der Waals surface area contributed by atoms with Crippen molar-refractivity contribution >= 4 is 5.69 Å². The van der Waals surface area contributed by atoms with Crippen molar-refractivity contribution in [2.75, 3.05) is 18.5 Å². The van der Waals surface area contributed by atoms with Gasteiger partial charge in [0, 0.05) is 11.3 Å². The van der Waals surface area contributed by atoms with Gasteiger partial charge < -0.3 is 14.8 Å². The molecule has 0 unspecified atom stereocenters. The van der Waals surface area contributed by atoms with E-state index in [-0.39, 0.29) is 18.2 Å². The van der Waals surface area contributed by atoms with Gasteiger partial charge in [-0.25, -0.2) is 0 Å². The van der Waals surface area contributed by atoms with Crippen LogP contribution in [0.1, 0.15) is 48.6 Å². The lowest BCUT2D eigenvalue weighted by Gasteiger charge is -2.43. The van der Waals surface area contributed by atoms with Crippen molar-refractivity contribution in [3.8, 4) is 0 Å². The fourth-order valence-corrected chi connectivity index (χ4v) is 3.57. The molecule has 0 bridgehead atoms. The van der Waals surface area contributed by atoms with E-state index >= 15 is 0 Å². The van der Waals surface area contributed by atoms with Gasteiger partial charge >= 0.3 is 0 Å². The molecule has 3 atom stereocenters. The maximum atomic E-state index is 6.13. The lowest BCUT2D eigenvalue weighted by atomic mass is 9.86. The molecule has 2 aromatic rings. The number of hydrogen-bond acceptors (Lipinski definition) is 3. The van der Waals surface area contributed by atoms with Crippen molar-refractivity contribution in [2.24, 2.45) is 0 Å². The highest BCUT2D eigenvalue weighted by atomic mass is 16.6. The second-order valence-electron chi connectivity index (χ2n) is 6.66. The van der Waals surface area contributed by atoms with Crippen molar-refractivity contribution in [3.05, 3.63) is 65.2 Å². The predicted molar refractivity (Wildman–Crippen MR) is 91.8 cm³/mol. The molecule has 0 saturated carbocycles. The molecule has 2 aromatic carbocycles. The van der Waals surface area contributed by atoms with E-state index in [0.717, 1.165) is 5.69 Å². The summed E-state index contributed by atoms with van der Waals surface area (Å²) in [6.45, 7) is 5.76. The fourth-order valence-electron chi connectivity index (χ4n) is 3.57. The van der Waals surface area contributed by atoms with E-state index in [0.29, 0.717) is 19.1 Å². The Balaban J connectivity index is 1.77. The minimum Gasteiger partial charge on any atom is -0.375 e. The summed E-state index contributed by atoms with van der Waals surface area (Å²) < 4.78 is 12.2. The quantitative estimate of drug-likeness (QED) is 0.890. The van der Waals surface area contributed by atoms with E-state index in [4.69, 9.17) is 9.47 Å². The summed E-state index contributed by atoms with van der Waals surface area (Å²) in [6.07, 6.45) is 0.0185. The zero-order valence-corrected chi connectivity index (χ0v) is 13.7. The molecular weight excluding hydrogens is 286 g/mol. The van der Waals surface area contributed by atoms with Crippen LogP contribution in [0.3, 0.4) is 0 Å². The lowest BCUT2D eigenvalue weighted by Crippen LogP contribution is -2.43. The number of fused-ring (bicyclic) bond motifs is 3. The van der Waals surface area contributed by atoms with Gasteiger partial charge in [-0.2, -0.15) is 0 Å². The predicted octanol–water partition coefficient (Wildman–Crippen LogP) is 4.43. The van der Waals surface area contributed by atoms with Crippen LogP contribution in [0.15, 0.2) is 48.5 Å². The number of ether oxygens (including phenoxy) is 2. The van der Waals surface area contributed by atoms with E-state index in [1.54, 1.807) is 0 Å². The summed E-state index contributed by atoms with van der Waals surface area (Å²) in [5, 5.41) is 3.67. The fraction of sp³-hybridized carbons (Fsp3) is 0.400. The molecule has 3 nitrogen and oxygen atoms in total. The normalized spacial score (nSPS) is 26.3. The van der Waals surface area contributed by atoms with Gasteiger partial charge in [-0.05, 0) is 23.1 Å². The highest BCUT2D eigenvalue weighted by Crippen LogP contribution is 2.44. The van der Waals surface area contributed by atoms with Gasteiger partial charge in [0.1, 0.15) is 12.2 Å².